The largest absolute Gasteiger partial charge is 0.459 e. The third kappa shape index (κ3) is 2.16. The predicted octanol–water partition coefficient (Wildman–Crippen LogP) is 1.35. The maximum atomic E-state index is 13.4. The number of nitrogens with zero attached hydrogens (tertiary/aromatic N) is 1. The molecule has 13 atom stereocenters. The second-order valence-corrected chi connectivity index (χ2v) is 12.9. The Labute approximate surface area is 213 Å². The third-order valence-corrected chi connectivity index (χ3v) is 12.2. The van der Waals surface area contributed by atoms with Gasteiger partial charge in [-0.15, -0.1) is 0 Å². The van der Waals surface area contributed by atoms with Crippen LogP contribution in [0.4, 0.5) is 0 Å². The van der Waals surface area contributed by atoms with Crippen molar-refractivity contribution in [2.75, 3.05) is 41.2 Å². The number of hydrogen-bond acceptors (Lipinski definition) is 9. The van der Waals surface area contributed by atoms with E-state index in [9.17, 15) is 9.90 Å². The van der Waals surface area contributed by atoms with Crippen molar-refractivity contribution < 1.29 is 38.3 Å². The van der Waals surface area contributed by atoms with E-state index >= 15 is 0 Å². The van der Waals surface area contributed by atoms with E-state index in [-0.39, 0.29) is 60.3 Å². The van der Waals surface area contributed by atoms with Gasteiger partial charge in [0.05, 0.1) is 35.4 Å². The zero-order chi connectivity index (χ0) is 25.5. The number of fused-ring (bicyclic) bond motifs is 1. The molecule has 0 aromatic rings. The van der Waals surface area contributed by atoms with Crippen molar-refractivity contribution in [3.63, 3.8) is 0 Å². The average Bonchev–Trinajstić information content (AvgIpc) is 3.40. The van der Waals surface area contributed by atoms with E-state index in [0.717, 1.165) is 25.9 Å². The number of aliphatic hydroxyl groups is 1. The molecular weight excluding hydrogens is 466 g/mol. The number of hydrogen-bond donors (Lipinski definition) is 1. The van der Waals surface area contributed by atoms with Crippen LogP contribution in [-0.4, -0.2) is 104 Å². The van der Waals surface area contributed by atoms with Crippen LogP contribution in [0.25, 0.3) is 0 Å². The first-order chi connectivity index (χ1) is 17.2. The first kappa shape index (κ1) is 24.2. The summed E-state index contributed by atoms with van der Waals surface area (Å²) in [5.74, 6) is -0.771. The molecule has 3 spiro atoms. The SMILES string of the molecule is CCN1C[C@]2(C)CC[C@H](OC)C34C2[C@H](OC(C)=O)[C@@]2(OCO[C@@]25C[C@H](OC)[C@H]2C[C@]3(O)C5[C@H]2OC)[C@@H]14. The molecule has 7 bridgehead atoms. The molecule has 36 heavy (non-hydrogen) atoms. The van der Waals surface area contributed by atoms with Crippen LogP contribution in [-0.2, 0) is 33.2 Å². The van der Waals surface area contributed by atoms with Crippen molar-refractivity contribution in [2.45, 2.75) is 93.7 Å². The Morgan fingerprint density at radius 1 is 1.11 bits per heavy atom. The number of carbonyl (C=O) groups excluding carboxylic acids is 1. The number of likely N-dealkylation sites (tertiary alicyclic amines) is 1. The Morgan fingerprint density at radius 3 is 2.53 bits per heavy atom. The minimum atomic E-state index is -1.16. The molecule has 0 amide bonds. The van der Waals surface area contributed by atoms with Gasteiger partial charge in [0.15, 0.2) is 5.60 Å². The van der Waals surface area contributed by atoms with Gasteiger partial charge in [0.2, 0.25) is 0 Å². The van der Waals surface area contributed by atoms with Gasteiger partial charge in [0.25, 0.3) is 0 Å². The summed E-state index contributed by atoms with van der Waals surface area (Å²) in [6, 6.07) is -0.224. The lowest BCUT2D eigenvalue weighted by molar-refractivity contribution is -0.332. The molecule has 7 rings (SSSR count). The number of likely N-dealkylation sites (N-methyl/N-ethyl adjacent to an activating group) is 1. The Balaban J connectivity index is 1.61. The zero-order valence-corrected chi connectivity index (χ0v) is 22.3. The molecule has 202 valence electrons. The lowest BCUT2D eigenvalue weighted by Gasteiger charge is -2.71. The molecular formula is C27H41NO8. The van der Waals surface area contributed by atoms with Gasteiger partial charge in [-0.1, -0.05) is 13.8 Å². The number of ether oxygens (including phenoxy) is 6. The Bertz CT molecular complexity index is 979. The number of rotatable bonds is 5. The first-order valence-corrected chi connectivity index (χ1v) is 13.7. The van der Waals surface area contributed by atoms with E-state index in [2.05, 4.69) is 18.7 Å². The van der Waals surface area contributed by atoms with Crippen LogP contribution in [0, 0.1) is 28.6 Å². The van der Waals surface area contributed by atoms with Crippen LogP contribution in [0.2, 0.25) is 0 Å². The topological polar surface area (TPSA) is 95.9 Å². The van der Waals surface area contributed by atoms with E-state index in [1.165, 1.54) is 6.92 Å². The third-order valence-electron chi connectivity index (χ3n) is 12.2. The van der Waals surface area contributed by atoms with Crippen molar-refractivity contribution in [2.24, 2.45) is 28.6 Å². The lowest BCUT2D eigenvalue weighted by Crippen LogP contribution is -2.85. The number of esters is 1. The molecule has 7 aliphatic rings. The molecule has 0 aromatic heterocycles. The fourth-order valence-electron chi connectivity index (χ4n) is 11.7. The number of piperidine rings is 1. The quantitative estimate of drug-likeness (QED) is 0.553. The van der Waals surface area contributed by atoms with E-state index in [0.29, 0.717) is 12.8 Å². The number of methoxy groups -OCH3 is 3. The molecule has 3 unspecified atom stereocenters. The van der Waals surface area contributed by atoms with Gasteiger partial charge in [0.1, 0.15) is 18.5 Å². The van der Waals surface area contributed by atoms with E-state index in [4.69, 9.17) is 28.4 Å². The Kier molecular flexibility index (Phi) is 4.87. The molecule has 7 fully saturated rings. The molecule has 2 heterocycles. The molecule has 0 aromatic carbocycles. The van der Waals surface area contributed by atoms with Crippen LogP contribution in [0.15, 0.2) is 0 Å². The smallest absolute Gasteiger partial charge is 0.303 e. The average molecular weight is 508 g/mol. The molecule has 2 saturated heterocycles. The van der Waals surface area contributed by atoms with Crippen molar-refractivity contribution in [3.8, 4) is 0 Å². The highest BCUT2D eigenvalue weighted by Crippen LogP contribution is 2.83. The first-order valence-electron chi connectivity index (χ1n) is 13.7. The van der Waals surface area contributed by atoms with Gasteiger partial charge in [-0.05, 0) is 31.2 Å². The lowest BCUT2D eigenvalue weighted by atomic mass is 9.41. The minimum absolute atomic E-state index is 0.0317. The van der Waals surface area contributed by atoms with E-state index < -0.39 is 28.3 Å². The summed E-state index contributed by atoms with van der Waals surface area (Å²) in [7, 11) is 5.23. The molecule has 2 aliphatic heterocycles. The normalized spacial score (nSPS) is 60.2. The van der Waals surface area contributed by atoms with Crippen LogP contribution in [0.5, 0.6) is 0 Å². The summed E-state index contributed by atoms with van der Waals surface area (Å²) in [5, 5.41) is 13.4. The van der Waals surface area contributed by atoms with Gasteiger partial charge in [0, 0.05) is 59.0 Å². The molecule has 0 radical (unpaired) electrons. The number of carbonyl (C=O) groups is 1. The van der Waals surface area contributed by atoms with Gasteiger partial charge < -0.3 is 33.5 Å². The van der Waals surface area contributed by atoms with Gasteiger partial charge in [-0.2, -0.15) is 0 Å². The van der Waals surface area contributed by atoms with Crippen molar-refractivity contribution >= 4 is 5.97 Å². The van der Waals surface area contributed by atoms with Crippen LogP contribution in [0.1, 0.15) is 46.5 Å². The highest BCUT2D eigenvalue weighted by molar-refractivity contribution is 5.67. The fraction of sp³-hybridized carbons (Fsp3) is 0.963. The predicted molar refractivity (Wildman–Crippen MR) is 126 cm³/mol. The standard InChI is InChI=1S/C27H41NO8/c1-7-28-12-23(3)9-8-17(32-5)26-20(23)21(36-14(2)29)27(22(26)28)25(34-13-35-27)11-16(31-4)15-10-24(26,30)19(25)18(15)33-6/h15-22,30H,7-13H2,1-6H3/t15-,16+,17+,18+,19?,20?,21+,22+,23+,24+,25-,26?,27-/m1/s1. The summed E-state index contributed by atoms with van der Waals surface area (Å²) in [4.78, 5) is 15.3. The van der Waals surface area contributed by atoms with Crippen molar-refractivity contribution in [1.29, 1.82) is 0 Å². The van der Waals surface area contributed by atoms with Gasteiger partial charge in [-0.3, -0.25) is 9.69 Å². The summed E-state index contributed by atoms with van der Waals surface area (Å²) in [6.45, 7) is 7.72. The summed E-state index contributed by atoms with van der Waals surface area (Å²) < 4.78 is 38.7. The molecule has 5 aliphatic carbocycles. The molecule has 5 saturated carbocycles. The van der Waals surface area contributed by atoms with Gasteiger partial charge in [-0.25, -0.2) is 0 Å². The minimum Gasteiger partial charge on any atom is -0.459 e. The zero-order valence-electron chi connectivity index (χ0n) is 22.3. The Morgan fingerprint density at radius 2 is 1.89 bits per heavy atom. The highest BCUT2D eigenvalue weighted by Gasteiger charge is 2.97. The maximum Gasteiger partial charge on any atom is 0.303 e. The maximum absolute atomic E-state index is 13.4. The van der Waals surface area contributed by atoms with E-state index in [1.54, 1.807) is 21.3 Å². The van der Waals surface area contributed by atoms with E-state index in [1.807, 2.05) is 0 Å². The van der Waals surface area contributed by atoms with Crippen molar-refractivity contribution in [3.05, 3.63) is 0 Å². The van der Waals surface area contributed by atoms with Crippen LogP contribution < -0.4 is 0 Å². The summed E-state index contributed by atoms with van der Waals surface area (Å²) in [6.07, 6.45) is 1.69. The highest BCUT2D eigenvalue weighted by atomic mass is 16.7. The Hall–Kier alpha value is -0.810. The summed E-state index contributed by atoms with van der Waals surface area (Å²) in [5.41, 5.74) is -3.94. The second-order valence-electron chi connectivity index (χ2n) is 12.9. The van der Waals surface area contributed by atoms with Crippen LogP contribution >= 0.6 is 0 Å². The summed E-state index contributed by atoms with van der Waals surface area (Å²) >= 11 is 0. The molecule has 1 N–H and O–H groups in total. The monoisotopic (exact) mass is 507 g/mol. The fourth-order valence-corrected chi connectivity index (χ4v) is 11.7. The molecule has 9 nitrogen and oxygen atoms in total. The second kappa shape index (κ2) is 7.23. The molecule has 9 heteroatoms. The van der Waals surface area contributed by atoms with Crippen LogP contribution in [0.3, 0.4) is 0 Å². The van der Waals surface area contributed by atoms with Crippen molar-refractivity contribution in [1.82, 2.24) is 4.90 Å². The van der Waals surface area contributed by atoms with Gasteiger partial charge >= 0.3 is 5.97 Å².